The van der Waals surface area contributed by atoms with Crippen molar-refractivity contribution in [2.24, 2.45) is 5.41 Å². The van der Waals surface area contributed by atoms with E-state index in [1.54, 1.807) is 6.26 Å². The quantitative estimate of drug-likeness (QED) is 0.869. The van der Waals surface area contributed by atoms with Gasteiger partial charge in [-0.3, -0.25) is 9.69 Å². The molecule has 1 saturated heterocycles. The van der Waals surface area contributed by atoms with E-state index in [1.807, 2.05) is 26.2 Å². The second kappa shape index (κ2) is 6.62. The summed E-state index contributed by atoms with van der Waals surface area (Å²) in [5.41, 5.74) is 0.000623. The molecule has 0 spiro atoms. The second-order valence-electron chi connectivity index (χ2n) is 6.72. The van der Waals surface area contributed by atoms with Gasteiger partial charge in [-0.15, -0.1) is 0 Å². The van der Waals surface area contributed by atoms with Crippen LogP contribution in [0, 0.1) is 5.41 Å². The van der Waals surface area contributed by atoms with Crippen molar-refractivity contribution in [3.63, 3.8) is 0 Å². The maximum atomic E-state index is 12.5. The summed E-state index contributed by atoms with van der Waals surface area (Å²) in [7, 11) is 3.98. The van der Waals surface area contributed by atoms with E-state index in [0.717, 1.165) is 25.1 Å². The van der Waals surface area contributed by atoms with E-state index in [9.17, 15) is 4.79 Å². The Bertz CT molecular complexity index is 454. The fourth-order valence-corrected chi connectivity index (χ4v) is 2.98. The Kier molecular flexibility index (Phi) is 5.06. The molecule has 1 aromatic rings. The maximum absolute atomic E-state index is 12.5. The van der Waals surface area contributed by atoms with Gasteiger partial charge in [0.2, 0.25) is 5.91 Å². The zero-order chi connectivity index (χ0) is 15.5. The zero-order valence-electron chi connectivity index (χ0n) is 13.5. The maximum Gasteiger partial charge on any atom is 0.237 e. The second-order valence-corrected chi connectivity index (χ2v) is 6.72. The lowest BCUT2D eigenvalue weighted by Gasteiger charge is -2.38. The van der Waals surface area contributed by atoms with Gasteiger partial charge in [-0.1, -0.05) is 13.8 Å². The number of amides is 1. The van der Waals surface area contributed by atoms with Crippen LogP contribution in [0.3, 0.4) is 0 Å². The summed E-state index contributed by atoms with van der Waals surface area (Å²) in [5.74, 6) is 0.953. The number of furan rings is 1. The molecule has 0 radical (unpaired) electrons. The molecule has 1 aromatic heterocycles. The molecule has 118 valence electrons. The Labute approximate surface area is 127 Å². The number of rotatable bonds is 5. The smallest absolute Gasteiger partial charge is 0.237 e. The molecule has 2 heterocycles. The molecule has 1 aliphatic heterocycles. The van der Waals surface area contributed by atoms with Crippen LogP contribution in [0.5, 0.6) is 0 Å². The summed E-state index contributed by atoms with van der Waals surface area (Å²) in [6.07, 6.45) is 3.87. The Morgan fingerprint density at radius 3 is 2.90 bits per heavy atom. The van der Waals surface area contributed by atoms with Gasteiger partial charge in [0.25, 0.3) is 0 Å². The third-order valence-electron chi connectivity index (χ3n) is 4.35. The highest BCUT2D eigenvalue weighted by molar-refractivity contribution is 5.82. The van der Waals surface area contributed by atoms with Gasteiger partial charge in [0, 0.05) is 6.54 Å². The number of carbonyl (C=O) groups excluding carboxylic acids is 1. The van der Waals surface area contributed by atoms with Crippen LogP contribution in [-0.2, 0) is 4.79 Å². The van der Waals surface area contributed by atoms with Crippen LogP contribution in [-0.4, -0.2) is 44.0 Å². The van der Waals surface area contributed by atoms with Crippen LogP contribution < -0.4 is 10.6 Å². The van der Waals surface area contributed by atoms with Crippen molar-refractivity contribution in [3.05, 3.63) is 24.2 Å². The van der Waals surface area contributed by atoms with Crippen LogP contribution in [0.15, 0.2) is 22.8 Å². The molecular weight excluding hydrogens is 266 g/mol. The molecule has 1 fully saturated rings. The third-order valence-corrected chi connectivity index (χ3v) is 4.35. The average molecular weight is 293 g/mol. The summed E-state index contributed by atoms with van der Waals surface area (Å²) < 4.78 is 5.47. The van der Waals surface area contributed by atoms with E-state index in [1.165, 1.54) is 0 Å². The Morgan fingerprint density at radius 1 is 1.57 bits per heavy atom. The standard InChI is InChI=1S/C16H27N3O2/c1-16(2)8-6-9-17-14(16)15(20)18-11-12(19(3)4)13-7-5-10-21-13/h5,7,10,12,14,17H,6,8-9,11H2,1-4H3,(H,18,20). The molecule has 0 aromatic carbocycles. The van der Waals surface area contributed by atoms with Crippen LogP contribution in [0.4, 0.5) is 0 Å². The van der Waals surface area contributed by atoms with Crippen molar-refractivity contribution in [2.75, 3.05) is 27.2 Å². The van der Waals surface area contributed by atoms with Crippen LogP contribution in [0.2, 0.25) is 0 Å². The molecular formula is C16H27N3O2. The first-order chi connectivity index (χ1) is 9.92. The first-order valence-electron chi connectivity index (χ1n) is 7.63. The van der Waals surface area contributed by atoms with Gasteiger partial charge in [0.15, 0.2) is 0 Å². The van der Waals surface area contributed by atoms with Crippen molar-refractivity contribution < 1.29 is 9.21 Å². The molecule has 2 atom stereocenters. The number of nitrogens with zero attached hydrogens (tertiary/aromatic N) is 1. The lowest BCUT2D eigenvalue weighted by atomic mass is 9.77. The van der Waals surface area contributed by atoms with Crippen molar-refractivity contribution in [3.8, 4) is 0 Å². The summed E-state index contributed by atoms with van der Waals surface area (Å²) in [4.78, 5) is 14.5. The van der Waals surface area contributed by atoms with Crippen molar-refractivity contribution >= 4 is 5.91 Å². The van der Waals surface area contributed by atoms with Crippen LogP contribution in [0.1, 0.15) is 38.5 Å². The lowest BCUT2D eigenvalue weighted by molar-refractivity contribution is -0.127. The molecule has 1 amide bonds. The van der Waals surface area contributed by atoms with Crippen molar-refractivity contribution in [1.82, 2.24) is 15.5 Å². The predicted molar refractivity (Wildman–Crippen MR) is 83.0 cm³/mol. The number of piperidine rings is 1. The van der Waals surface area contributed by atoms with E-state index in [2.05, 4.69) is 29.4 Å². The molecule has 21 heavy (non-hydrogen) atoms. The number of carbonyl (C=O) groups is 1. The Hall–Kier alpha value is -1.33. The molecule has 5 nitrogen and oxygen atoms in total. The van der Waals surface area contributed by atoms with E-state index >= 15 is 0 Å². The minimum absolute atomic E-state index is 0.000623. The van der Waals surface area contributed by atoms with Crippen molar-refractivity contribution in [2.45, 2.75) is 38.8 Å². The fraction of sp³-hybridized carbons (Fsp3) is 0.688. The molecule has 2 unspecified atom stereocenters. The highest BCUT2D eigenvalue weighted by atomic mass is 16.3. The molecule has 0 saturated carbocycles. The highest BCUT2D eigenvalue weighted by Gasteiger charge is 2.37. The van der Waals surface area contributed by atoms with Gasteiger partial charge in [-0.2, -0.15) is 0 Å². The molecule has 0 bridgehead atoms. The number of hydrogen-bond acceptors (Lipinski definition) is 4. The minimum Gasteiger partial charge on any atom is -0.468 e. The summed E-state index contributed by atoms with van der Waals surface area (Å²) in [6, 6.07) is 3.75. The van der Waals surface area contributed by atoms with Crippen LogP contribution in [0.25, 0.3) is 0 Å². The topological polar surface area (TPSA) is 57.5 Å². The number of likely N-dealkylation sites (N-methyl/N-ethyl adjacent to an activating group) is 1. The zero-order valence-corrected chi connectivity index (χ0v) is 13.5. The molecule has 2 N–H and O–H groups in total. The molecule has 0 aliphatic carbocycles. The Balaban J connectivity index is 1.96. The summed E-state index contributed by atoms with van der Waals surface area (Å²) >= 11 is 0. The van der Waals surface area contributed by atoms with Gasteiger partial charge in [-0.25, -0.2) is 0 Å². The van der Waals surface area contributed by atoms with Gasteiger partial charge >= 0.3 is 0 Å². The lowest BCUT2D eigenvalue weighted by Crippen LogP contribution is -2.56. The average Bonchev–Trinajstić information content (AvgIpc) is 2.91. The highest BCUT2D eigenvalue weighted by Crippen LogP contribution is 2.30. The SMILES string of the molecule is CN(C)C(CNC(=O)C1NCCCC1(C)C)c1ccco1. The third kappa shape index (κ3) is 3.86. The monoisotopic (exact) mass is 293 g/mol. The normalized spacial score (nSPS) is 23.0. The van der Waals surface area contributed by atoms with Gasteiger partial charge in [0.1, 0.15) is 5.76 Å². The van der Waals surface area contributed by atoms with Gasteiger partial charge in [0.05, 0.1) is 18.3 Å². The number of nitrogens with one attached hydrogen (secondary N) is 2. The summed E-state index contributed by atoms with van der Waals surface area (Å²) in [6.45, 7) is 5.77. The number of hydrogen-bond donors (Lipinski definition) is 2. The van der Waals surface area contributed by atoms with Crippen molar-refractivity contribution in [1.29, 1.82) is 0 Å². The minimum atomic E-state index is -0.120. The largest absolute Gasteiger partial charge is 0.468 e. The van der Waals surface area contributed by atoms with Gasteiger partial charge < -0.3 is 15.1 Å². The van der Waals surface area contributed by atoms with E-state index in [4.69, 9.17) is 4.42 Å². The molecule has 5 heteroatoms. The van der Waals surface area contributed by atoms with Crippen LogP contribution >= 0.6 is 0 Å². The van der Waals surface area contributed by atoms with E-state index < -0.39 is 0 Å². The fourth-order valence-electron chi connectivity index (χ4n) is 2.98. The van der Waals surface area contributed by atoms with E-state index in [-0.39, 0.29) is 23.4 Å². The first kappa shape index (κ1) is 16.0. The Morgan fingerprint density at radius 2 is 2.33 bits per heavy atom. The molecule has 2 rings (SSSR count). The first-order valence-corrected chi connectivity index (χ1v) is 7.63. The predicted octanol–water partition coefficient (Wildman–Crippen LogP) is 1.78. The summed E-state index contributed by atoms with van der Waals surface area (Å²) in [5, 5.41) is 6.42. The van der Waals surface area contributed by atoms with Gasteiger partial charge in [-0.05, 0) is 51.0 Å². The van der Waals surface area contributed by atoms with E-state index in [0.29, 0.717) is 6.54 Å². The molecule has 1 aliphatic rings.